The highest BCUT2D eigenvalue weighted by molar-refractivity contribution is 7.74. The van der Waals surface area contributed by atoms with Crippen molar-refractivity contribution in [2.24, 2.45) is 0 Å². The number of nitrogens with two attached hydrogens (primary N) is 1. The number of anilines is 1. The van der Waals surface area contributed by atoms with Gasteiger partial charge in [0.2, 0.25) is 0 Å². The molecule has 1 aromatic carbocycles. The fourth-order valence-electron chi connectivity index (χ4n) is 0.935. The van der Waals surface area contributed by atoms with E-state index in [1.165, 1.54) is 18.2 Å². The van der Waals surface area contributed by atoms with Crippen LogP contribution >= 0.6 is 0 Å². The molecule has 6 heteroatoms. The Balaban J connectivity index is 2.95. The average molecular weight is 216 g/mol. The molecule has 1 aromatic rings. The van der Waals surface area contributed by atoms with Gasteiger partial charge in [-0.2, -0.15) is 0 Å². The summed E-state index contributed by atoms with van der Waals surface area (Å²) >= 11 is -2.61. The van der Waals surface area contributed by atoms with Crippen LogP contribution in [0.4, 0.5) is 5.69 Å². The molecular weight excluding hydrogens is 206 g/mol. The maximum atomic E-state index is 10.3. The van der Waals surface area contributed by atoms with Crippen LogP contribution in [0, 0.1) is 0 Å². The molecule has 0 saturated carbocycles. The van der Waals surface area contributed by atoms with E-state index < -0.39 is 11.4 Å². The van der Waals surface area contributed by atoms with Gasteiger partial charge in [-0.25, -0.2) is 4.21 Å². The molecule has 1 atom stereocenters. The van der Waals surface area contributed by atoms with E-state index >= 15 is 0 Å². The highest BCUT2D eigenvalue weighted by atomic mass is 32.2. The first-order valence-corrected chi connectivity index (χ1v) is 4.93. The lowest BCUT2D eigenvalue weighted by molar-refractivity contribution is 0.326. The summed E-state index contributed by atoms with van der Waals surface area (Å²) in [6, 6.07) is 4.48. The zero-order valence-electron chi connectivity index (χ0n) is 7.56. The molecule has 0 heterocycles. The highest BCUT2D eigenvalue weighted by Crippen LogP contribution is 2.29. The Morgan fingerprint density at radius 3 is 2.79 bits per heavy atom. The van der Waals surface area contributed by atoms with Gasteiger partial charge >= 0.3 is 0 Å². The van der Waals surface area contributed by atoms with E-state index in [1.807, 2.05) is 0 Å². The second kappa shape index (κ2) is 4.83. The van der Waals surface area contributed by atoms with Crippen molar-refractivity contribution >= 4 is 17.0 Å². The zero-order valence-corrected chi connectivity index (χ0v) is 8.37. The molecule has 0 fully saturated rings. The Labute approximate surface area is 84.3 Å². The quantitative estimate of drug-likeness (QED) is 0.595. The van der Waals surface area contributed by atoms with Crippen LogP contribution in [0.15, 0.2) is 18.2 Å². The van der Waals surface area contributed by atoms with Crippen LogP contribution in [0.5, 0.6) is 11.5 Å². The molecule has 0 aliphatic heterocycles. The predicted octanol–water partition coefficient (Wildman–Crippen LogP) is 0.840. The van der Waals surface area contributed by atoms with Gasteiger partial charge in [-0.05, 0) is 19.1 Å². The van der Waals surface area contributed by atoms with Gasteiger partial charge in [0.1, 0.15) is 11.4 Å². The van der Waals surface area contributed by atoms with Crippen molar-refractivity contribution in [2.45, 2.75) is 6.92 Å². The van der Waals surface area contributed by atoms with Crippen LogP contribution in [0.1, 0.15) is 6.92 Å². The molecule has 2 N–H and O–H groups in total. The molecule has 0 aliphatic carbocycles. The fourth-order valence-corrected chi connectivity index (χ4v) is 1.22. The molecule has 0 radical (unpaired) electrons. The van der Waals surface area contributed by atoms with Crippen LogP contribution in [0.25, 0.3) is 0 Å². The van der Waals surface area contributed by atoms with Crippen molar-refractivity contribution in [3.63, 3.8) is 0 Å². The van der Waals surface area contributed by atoms with Gasteiger partial charge in [-0.3, -0.25) is 0 Å². The van der Waals surface area contributed by atoms with Crippen LogP contribution < -0.4 is 14.7 Å². The molecule has 0 amide bonds. The lowest BCUT2D eigenvalue weighted by atomic mass is 10.3. The topological polar surface area (TPSA) is 84.6 Å². The molecule has 0 saturated heterocycles. The number of nitrogen functional groups attached to an aromatic ring is 1. The third-order valence-corrected chi connectivity index (χ3v) is 1.74. The van der Waals surface area contributed by atoms with Gasteiger partial charge in [0.25, 0.3) is 0 Å². The standard InChI is InChI=1S/C8H11NO4S/c1-2-12-8-5-6(9)3-4-7(8)13-14(10)11/h3-5H,2,9H2,1H3,(H,10,11)/p-1. The Morgan fingerprint density at radius 2 is 2.21 bits per heavy atom. The molecule has 1 unspecified atom stereocenters. The van der Waals surface area contributed by atoms with E-state index in [0.717, 1.165) is 0 Å². The lowest BCUT2D eigenvalue weighted by Crippen LogP contribution is -2.02. The summed E-state index contributed by atoms with van der Waals surface area (Å²) in [5.74, 6) is 0.450. The van der Waals surface area contributed by atoms with Gasteiger partial charge in [0.15, 0.2) is 11.5 Å². The SMILES string of the molecule is CCOc1cc(N)ccc1OS(=O)[O-]. The number of ether oxygens (including phenoxy) is 1. The minimum absolute atomic E-state index is 0.134. The average Bonchev–Trinajstić information content (AvgIpc) is 2.09. The fraction of sp³-hybridized carbons (Fsp3) is 0.250. The minimum Gasteiger partial charge on any atom is -0.740 e. The smallest absolute Gasteiger partial charge is 0.181 e. The van der Waals surface area contributed by atoms with Gasteiger partial charge < -0.3 is 19.2 Å². The summed E-state index contributed by atoms with van der Waals surface area (Å²) in [6.45, 7) is 2.19. The van der Waals surface area contributed by atoms with Crippen molar-refractivity contribution in [2.75, 3.05) is 12.3 Å². The Hall–Kier alpha value is -1.27. The first-order valence-electron chi connectivity index (χ1n) is 3.93. The van der Waals surface area contributed by atoms with Crippen molar-refractivity contribution in [1.29, 1.82) is 0 Å². The van der Waals surface area contributed by atoms with Crippen LogP contribution in [0.2, 0.25) is 0 Å². The van der Waals surface area contributed by atoms with E-state index in [-0.39, 0.29) is 5.75 Å². The molecule has 0 aliphatic rings. The first-order chi connectivity index (χ1) is 6.63. The van der Waals surface area contributed by atoms with Crippen molar-refractivity contribution < 1.29 is 17.7 Å². The Morgan fingerprint density at radius 1 is 1.50 bits per heavy atom. The second-order valence-corrected chi connectivity index (χ2v) is 3.00. The van der Waals surface area contributed by atoms with Gasteiger partial charge in [0, 0.05) is 11.8 Å². The number of hydrogen-bond donors (Lipinski definition) is 1. The normalized spacial score (nSPS) is 12.1. The summed E-state index contributed by atoms with van der Waals surface area (Å²) in [5, 5.41) is 0. The van der Waals surface area contributed by atoms with E-state index in [1.54, 1.807) is 6.92 Å². The largest absolute Gasteiger partial charge is 0.740 e. The van der Waals surface area contributed by atoms with Gasteiger partial charge in [-0.15, -0.1) is 0 Å². The van der Waals surface area contributed by atoms with Crippen molar-refractivity contribution in [3.05, 3.63) is 18.2 Å². The summed E-state index contributed by atoms with van der Waals surface area (Å²) in [4.78, 5) is 0. The number of rotatable bonds is 4. The van der Waals surface area contributed by atoms with E-state index in [4.69, 9.17) is 10.5 Å². The summed E-state index contributed by atoms with van der Waals surface area (Å²) in [5.41, 5.74) is 5.98. The van der Waals surface area contributed by atoms with Gasteiger partial charge in [-0.1, -0.05) is 0 Å². The van der Waals surface area contributed by atoms with Gasteiger partial charge in [0.05, 0.1) is 6.61 Å². The van der Waals surface area contributed by atoms with Crippen LogP contribution in [-0.2, 0) is 11.4 Å². The molecule has 1 rings (SSSR count). The zero-order chi connectivity index (χ0) is 10.6. The minimum atomic E-state index is -2.61. The number of hydrogen-bond acceptors (Lipinski definition) is 5. The van der Waals surface area contributed by atoms with Crippen LogP contribution in [0.3, 0.4) is 0 Å². The molecular formula is C8H10NO4S-. The van der Waals surface area contributed by atoms with Crippen LogP contribution in [-0.4, -0.2) is 15.4 Å². The maximum Gasteiger partial charge on any atom is 0.181 e. The third-order valence-electron chi connectivity index (χ3n) is 1.43. The van der Waals surface area contributed by atoms with Crippen molar-refractivity contribution in [3.8, 4) is 11.5 Å². The van der Waals surface area contributed by atoms with E-state index in [0.29, 0.717) is 18.0 Å². The maximum absolute atomic E-state index is 10.3. The van der Waals surface area contributed by atoms with Crippen molar-refractivity contribution in [1.82, 2.24) is 0 Å². The Kier molecular flexibility index (Phi) is 3.73. The predicted molar refractivity (Wildman–Crippen MR) is 51.6 cm³/mol. The van der Waals surface area contributed by atoms with E-state index in [9.17, 15) is 8.76 Å². The molecule has 5 nitrogen and oxygen atoms in total. The highest BCUT2D eigenvalue weighted by Gasteiger charge is 2.05. The second-order valence-electron chi connectivity index (χ2n) is 2.43. The molecule has 78 valence electrons. The third kappa shape index (κ3) is 2.90. The number of benzene rings is 1. The molecule has 0 spiro atoms. The molecule has 0 bridgehead atoms. The molecule has 0 aromatic heterocycles. The Bertz CT molecular complexity index is 342. The summed E-state index contributed by atoms with van der Waals surface area (Å²) in [7, 11) is 0. The van der Waals surface area contributed by atoms with E-state index in [2.05, 4.69) is 4.18 Å². The first kappa shape index (κ1) is 10.8. The molecule has 14 heavy (non-hydrogen) atoms. The summed E-state index contributed by atoms with van der Waals surface area (Å²) < 4.78 is 30.2. The summed E-state index contributed by atoms with van der Waals surface area (Å²) in [6.07, 6.45) is 0. The lowest BCUT2D eigenvalue weighted by Gasteiger charge is -2.12. The monoisotopic (exact) mass is 216 g/mol.